The molecule has 1 aromatic heterocycles. The molecule has 0 aliphatic heterocycles. The first-order chi connectivity index (χ1) is 7.33. The van der Waals surface area contributed by atoms with Crippen molar-refractivity contribution in [1.29, 1.82) is 0 Å². The molecular weight excluding hydrogens is 268 g/mol. The van der Waals surface area contributed by atoms with Crippen LogP contribution in [0.1, 0.15) is 12.8 Å². The molecule has 1 fully saturated rings. The Morgan fingerprint density at radius 1 is 1.69 bits per heavy atom. The molecule has 0 aromatic carbocycles. The maximum Gasteiger partial charge on any atom is 0.251 e. The zero-order valence-corrected chi connectivity index (χ0v) is 10.8. The van der Waals surface area contributed by atoms with Gasteiger partial charge in [-0.3, -0.25) is 9.52 Å². The minimum atomic E-state index is -2.83. The Hall–Kier alpha value is -0.560. The van der Waals surface area contributed by atoms with Crippen LogP contribution >= 0.6 is 22.9 Å². The molecule has 1 heterocycles. The van der Waals surface area contributed by atoms with Crippen LogP contribution in [0.25, 0.3) is 0 Å². The third kappa shape index (κ3) is 2.24. The monoisotopic (exact) mass is 278 g/mol. The lowest BCUT2D eigenvalue weighted by Crippen LogP contribution is -2.44. The second kappa shape index (κ2) is 3.73. The highest BCUT2D eigenvalue weighted by Gasteiger charge is 2.46. The number of rotatable bonds is 3. The Kier molecular flexibility index (Phi) is 2.78. The van der Waals surface area contributed by atoms with Gasteiger partial charge in [0.25, 0.3) is 5.91 Å². The summed E-state index contributed by atoms with van der Waals surface area (Å²) in [5.74, 6) is 3.12. The average Bonchev–Trinajstić information content (AvgIpc) is 2.75. The van der Waals surface area contributed by atoms with Crippen molar-refractivity contribution in [2.75, 3.05) is 0 Å². The fourth-order valence-electron chi connectivity index (χ4n) is 1.13. The maximum absolute atomic E-state index is 12.1. The van der Waals surface area contributed by atoms with Gasteiger partial charge in [-0.2, -0.15) is 0 Å². The first-order valence-electron chi connectivity index (χ1n) is 4.56. The average molecular weight is 279 g/mol. The van der Waals surface area contributed by atoms with E-state index in [2.05, 4.69) is 10.6 Å². The lowest BCUT2D eigenvalue weighted by atomic mass is 10.3. The van der Waals surface area contributed by atoms with Gasteiger partial charge in [0.2, 0.25) is 0 Å². The maximum atomic E-state index is 12.1. The minimum absolute atomic E-state index is 0.406. The Balaban J connectivity index is 2.18. The highest BCUT2D eigenvalue weighted by atomic mass is 35.5. The van der Waals surface area contributed by atoms with Gasteiger partial charge < -0.3 is 5.73 Å². The van der Waals surface area contributed by atoms with Crippen molar-refractivity contribution < 1.29 is 9.00 Å². The van der Waals surface area contributed by atoms with Crippen LogP contribution in [0.2, 0.25) is 5.02 Å². The smallest absolute Gasteiger partial charge is 0.251 e. The molecule has 1 saturated carbocycles. The molecular formula is C9H11ClN2O2S2. The third-order valence-electron chi connectivity index (χ3n) is 2.37. The van der Waals surface area contributed by atoms with Gasteiger partial charge in [0.15, 0.2) is 0 Å². The Morgan fingerprint density at radius 3 is 2.75 bits per heavy atom. The van der Waals surface area contributed by atoms with Gasteiger partial charge in [-0.05, 0) is 24.8 Å². The predicted octanol–water partition coefficient (Wildman–Crippen LogP) is 0.999. The van der Waals surface area contributed by atoms with E-state index in [1.165, 1.54) is 17.4 Å². The van der Waals surface area contributed by atoms with E-state index in [4.69, 9.17) is 17.3 Å². The van der Waals surface area contributed by atoms with E-state index in [9.17, 15) is 9.00 Å². The van der Waals surface area contributed by atoms with Crippen LogP contribution in [0.4, 0.5) is 0 Å². The Labute approximate surface area is 103 Å². The molecule has 3 N–H and O–H groups in total. The fraction of sp³-hybridized carbons (Fsp3) is 0.333. The molecule has 0 radical (unpaired) electrons. The summed E-state index contributed by atoms with van der Waals surface area (Å²) in [6.45, 7) is 0. The Bertz CT molecular complexity index is 531. The molecule has 2 rings (SSSR count). The summed E-state index contributed by atoms with van der Waals surface area (Å²) in [6, 6.07) is 1.54. The van der Waals surface area contributed by atoms with Crippen LogP contribution in [0.5, 0.6) is 0 Å². The summed E-state index contributed by atoms with van der Waals surface area (Å²) in [6.07, 6.45) is 1.25. The SMILES string of the molecule is C=S(=O)(NC(=O)C1(N)CC1)c1cc(Cl)cs1. The first kappa shape index (κ1) is 11.9. The fourth-order valence-corrected chi connectivity index (χ4v) is 3.81. The zero-order chi connectivity index (χ0) is 12.0. The summed E-state index contributed by atoms with van der Waals surface area (Å²) >= 11 is 6.93. The molecule has 1 aliphatic carbocycles. The molecule has 1 unspecified atom stereocenters. The van der Waals surface area contributed by atoms with Crippen molar-refractivity contribution in [1.82, 2.24) is 4.72 Å². The van der Waals surface area contributed by atoms with Crippen LogP contribution in [0.3, 0.4) is 0 Å². The highest BCUT2D eigenvalue weighted by Crippen LogP contribution is 2.33. The van der Waals surface area contributed by atoms with Crippen LogP contribution < -0.4 is 10.5 Å². The number of carbonyl (C=O) groups excluding carboxylic acids is 1. The first-order valence-corrected chi connectivity index (χ1v) is 7.54. The molecule has 0 bridgehead atoms. The summed E-state index contributed by atoms with van der Waals surface area (Å²) in [5, 5.41) is 2.13. The molecule has 16 heavy (non-hydrogen) atoms. The molecule has 0 saturated heterocycles. The second-order valence-corrected chi connectivity index (χ2v) is 7.45. The lowest BCUT2D eigenvalue weighted by molar-refractivity contribution is -0.121. The molecule has 0 spiro atoms. The van der Waals surface area contributed by atoms with Crippen molar-refractivity contribution in [2.45, 2.75) is 22.6 Å². The number of halogens is 1. The van der Waals surface area contributed by atoms with Crippen LogP contribution in [0.15, 0.2) is 15.7 Å². The van der Waals surface area contributed by atoms with Crippen molar-refractivity contribution >= 4 is 44.4 Å². The van der Waals surface area contributed by atoms with Crippen LogP contribution in [-0.2, 0) is 14.5 Å². The van der Waals surface area contributed by atoms with Crippen molar-refractivity contribution in [2.24, 2.45) is 5.73 Å². The van der Waals surface area contributed by atoms with Gasteiger partial charge in [0.1, 0.15) is 4.21 Å². The number of carbonyl (C=O) groups is 1. The van der Waals surface area contributed by atoms with E-state index in [1.54, 1.807) is 5.38 Å². The topological polar surface area (TPSA) is 72.2 Å². The standard InChI is InChI=1S/C9H11ClN2O2S2/c1-16(14,7-4-6(10)5-15-7)12-8(13)9(11)2-3-9/h4-5H,1-3,11H2,(H,12,13,14). The van der Waals surface area contributed by atoms with Gasteiger partial charge in [0.05, 0.1) is 20.3 Å². The van der Waals surface area contributed by atoms with Gasteiger partial charge in [0, 0.05) is 5.38 Å². The van der Waals surface area contributed by atoms with Gasteiger partial charge in [-0.1, -0.05) is 11.6 Å². The van der Waals surface area contributed by atoms with E-state index in [1.807, 2.05) is 0 Å². The summed E-state index contributed by atoms with van der Waals surface area (Å²) in [4.78, 5) is 11.6. The zero-order valence-electron chi connectivity index (χ0n) is 8.36. The number of hydrogen-bond donors (Lipinski definition) is 2. The third-order valence-corrected chi connectivity index (χ3v) is 5.82. The summed E-state index contributed by atoms with van der Waals surface area (Å²) < 4.78 is 15.0. The molecule has 1 aliphatic rings. The molecule has 88 valence electrons. The van der Waals surface area contributed by atoms with E-state index in [0.29, 0.717) is 22.1 Å². The normalized spacial score (nSPS) is 21.1. The quantitative estimate of drug-likeness (QED) is 0.810. The molecule has 1 amide bonds. The van der Waals surface area contributed by atoms with Crippen molar-refractivity contribution in [3.8, 4) is 0 Å². The van der Waals surface area contributed by atoms with E-state index in [-0.39, 0.29) is 0 Å². The van der Waals surface area contributed by atoms with Gasteiger partial charge >= 0.3 is 0 Å². The minimum Gasteiger partial charge on any atom is -0.317 e. The molecule has 1 atom stereocenters. The number of thiophene rings is 1. The number of nitrogens with two attached hydrogens (primary N) is 1. The Morgan fingerprint density at radius 2 is 2.31 bits per heavy atom. The van der Waals surface area contributed by atoms with Crippen molar-refractivity contribution in [3.63, 3.8) is 0 Å². The molecule has 4 nitrogen and oxygen atoms in total. The summed E-state index contributed by atoms with van der Waals surface area (Å²) in [5.41, 5.74) is 4.85. The van der Waals surface area contributed by atoms with Gasteiger partial charge in [-0.25, -0.2) is 4.21 Å². The summed E-state index contributed by atoms with van der Waals surface area (Å²) in [7, 11) is -2.83. The number of amides is 1. The number of hydrogen-bond acceptors (Lipinski definition) is 4. The lowest BCUT2D eigenvalue weighted by Gasteiger charge is -2.12. The molecule has 7 heteroatoms. The molecule has 1 aromatic rings. The van der Waals surface area contributed by atoms with E-state index in [0.717, 1.165) is 0 Å². The van der Waals surface area contributed by atoms with E-state index < -0.39 is 21.2 Å². The van der Waals surface area contributed by atoms with Crippen molar-refractivity contribution in [3.05, 3.63) is 16.5 Å². The second-order valence-electron chi connectivity index (χ2n) is 3.85. The van der Waals surface area contributed by atoms with Crippen LogP contribution in [-0.4, -0.2) is 21.5 Å². The van der Waals surface area contributed by atoms with Gasteiger partial charge in [-0.15, -0.1) is 11.3 Å². The van der Waals surface area contributed by atoms with E-state index >= 15 is 0 Å². The van der Waals surface area contributed by atoms with Crippen LogP contribution in [0, 0.1) is 0 Å². The number of nitrogens with one attached hydrogen (secondary N) is 1. The highest BCUT2D eigenvalue weighted by molar-refractivity contribution is 8.00. The largest absolute Gasteiger partial charge is 0.317 e. The predicted molar refractivity (Wildman–Crippen MR) is 67.2 cm³/mol.